The lowest BCUT2D eigenvalue weighted by Gasteiger charge is -2.31. The van der Waals surface area contributed by atoms with Gasteiger partial charge in [0.05, 0.1) is 0 Å². The highest BCUT2D eigenvalue weighted by atomic mass is 19.4. The zero-order valence-electron chi connectivity index (χ0n) is 15.5. The zero-order valence-corrected chi connectivity index (χ0v) is 15.5. The molecule has 0 radical (unpaired) electrons. The van der Waals surface area contributed by atoms with Crippen LogP contribution >= 0.6 is 0 Å². The Bertz CT molecular complexity index is 880. The first-order chi connectivity index (χ1) is 12.6. The lowest BCUT2D eigenvalue weighted by atomic mass is 9.76. The van der Waals surface area contributed by atoms with E-state index in [4.69, 9.17) is 0 Å². The number of carbonyl (C=O) groups excluding carboxylic acids is 1. The van der Waals surface area contributed by atoms with Crippen molar-refractivity contribution in [3.8, 4) is 0 Å². The molecule has 0 saturated heterocycles. The number of carbonyl (C=O) groups is 1. The first kappa shape index (κ1) is 19.2. The Morgan fingerprint density at radius 3 is 2.48 bits per heavy atom. The molecule has 0 amide bonds. The molecule has 1 aliphatic carbocycles. The molecule has 0 saturated carbocycles. The van der Waals surface area contributed by atoms with Crippen LogP contribution in [0.1, 0.15) is 50.4 Å². The van der Waals surface area contributed by atoms with E-state index in [1.807, 2.05) is 19.9 Å². The summed E-state index contributed by atoms with van der Waals surface area (Å²) in [4.78, 5) is 12.2. The van der Waals surface area contributed by atoms with Gasteiger partial charge in [0.2, 0.25) is 0 Å². The van der Waals surface area contributed by atoms with Crippen molar-refractivity contribution < 1.29 is 18.0 Å². The molecule has 144 valence electrons. The maximum atomic E-state index is 13.4. The number of rotatable bonds is 4. The SMILES string of the molecule is CC1=C(Nc2n[nH]c(C(F)(F)F)c2Cc2ccccc2)CC(C)(C)CC1=O. The van der Waals surface area contributed by atoms with Gasteiger partial charge in [-0.25, -0.2) is 0 Å². The van der Waals surface area contributed by atoms with E-state index in [9.17, 15) is 18.0 Å². The van der Waals surface area contributed by atoms with E-state index < -0.39 is 11.9 Å². The molecular formula is C20H22F3N3O. The predicted molar refractivity (Wildman–Crippen MR) is 97.2 cm³/mol. The number of hydrogen-bond acceptors (Lipinski definition) is 3. The number of benzene rings is 1. The van der Waals surface area contributed by atoms with E-state index in [0.717, 1.165) is 5.56 Å². The fourth-order valence-corrected chi connectivity index (χ4v) is 3.37. The lowest BCUT2D eigenvalue weighted by molar-refractivity contribution is -0.141. The standard InChI is InChI=1S/C20H22F3N3O/c1-12-15(10-19(2,3)11-16(12)27)24-18-14(9-13-7-5-4-6-8-13)17(25-26-18)20(21,22)23/h4-8H,9-11H2,1-3H3,(H2,24,25,26). The van der Waals surface area contributed by atoms with Crippen LogP contribution < -0.4 is 5.32 Å². The molecule has 0 atom stereocenters. The molecule has 1 heterocycles. The van der Waals surface area contributed by atoms with Gasteiger partial charge in [0.25, 0.3) is 0 Å². The fraction of sp³-hybridized carbons (Fsp3) is 0.400. The first-order valence-corrected chi connectivity index (χ1v) is 8.75. The number of nitrogens with one attached hydrogen (secondary N) is 2. The zero-order chi connectivity index (χ0) is 19.8. The quantitative estimate of drug-likeness (QED) is 0.780. The highest BCUT2D eigenvalue weighted by molar-refractivity contribution is 5.97. The average Bonchev–Trinajstić information content (AvgIpc) is 2.95. The number of Topliss-reactive ketones (excluding diaryl/α,β-unsaturated/α-hetero) is 1. The molecule has 27 heavy (non-hydrogen) atoms. The Hall–Kier alpha value is -2.57. The van der Waals surface area contributed by atoms with Crippen molar-refractivity contribution in [1.29, 1.82) is 0 Å². The van der Waals surface area contributed by atoms with Crippen LogP contribution in [0, 0.1) is 5.41 Å². The number of hydrogen-bond donors (Lipinski definition) is 2. The van der Waals surface area contributed by atoms with Crippen molar-refractivity contribution in [2.45, 2.75) is 46.2 Å². The normalized spacial score (nSPS) is 17.3. The maximum absolute atomic E-state index is 13.4. The van der Waals surface area contributed by atoms with Gasteiger partial charge in [0, 0.05) is 29.7 Å². The second-order valence-electron chi connectivity index (χ2n) is 7.76. The highest BCUT2D eigenvalue weighted by Gasteiger charge is 2.38. The average molecular weight is 377 g/mol. The number of allylic oxidation sites excluding steroid dienone is 2. The summed E-state index contributed by atoms with van der Waals surface area (Å²) in [7, 11) is 0. The molecule has 2 aromatic rings. The Labute approximate surface area is 155 Å². The molecule has 7 heteroatoms. The van der Waals surface area contributed by atoms with Crippen molar-refractivity contribution >= 4 is 11.6 Å². The van der Waals surface area contributed by atoms with Crippen LogP contribution in [-0.4, -0.2) is 16.0 Å². The first-order valence-electron chi connectivity index (χ1n) is 8.75. The third kappa shape index (κ3) is 4.23. The van der Waals surface area contributed by atoms with Crippen LogP contribution in [0.3, 0.4) is 0 Å². The van der Waals surface area contributed by atoms with Gasteiger partial charge in [0.1, 0.15) is 5.69 Å². The van der Waals surface area contributed by atoms with Gasteiger partial charge in [-0.2, -0.15) is 18.3 Å². The van der Waals surface area contributed by atoms with E-state index in [2.05, 4.69) is 15.5 Å². The Kier molecular flexibility index (Phi) is 4.88. The summed E-state index contributed by atoms with van der Waals surface area (Å²) in [5.41, 5.74) is 0.862. The van der Waals surface area contributed by atoms with Crippen LogP contribution in [0.5, 0.6) is 0 Å². The summed E-state index contributed by atoms with van der Waals surface area (Å²) in [6.07, 6.45) is -3.46. The molecule has 1 aromatic carbocycles. The minimum Gasteiger partial charge on any atom is -0.342 e. The number of aromatic amines is 1. The van der Waals surface area contributed by atoms with Crippen LogP contribution in [0.25, 0.3) is 0 Å². The number of aromatic nitrogens is 2. The molecule has 0 fully saturated rings. The third-order valence-electron chi connectivity index (χ3n) is 4.81. The van der Waals surface area contributed by atoms with Crippen LogP contribution in [-0.2, 0) is 17.4 Å². The van der Waals surface area contributed by atoms with Gasteiger partial charge in [-0.3, -0.25) is 9.89 Å². The molecule has 3 rings (SSSR count). The van der Waals surface area contributed by atoms with Crippen LogP contribution in [0.15, 0.2) is 41.6 Å². The summed E-state index contributed by atoms with van der Waals surface area (Å²) in [6, 6.07) is 8.92. The molecule has 1 aliphatic rings. The fourth-order valence-electron chi connectivity index (χ4n) is 3.37. The Morgan fingerprint density at radius 1 is 1.19 bits per heavy atom. The second kappa shape index (κ2) is 6.87. The van der Waals surface area contributed by atoms with Crippen molar-refractivity contribution in [3.63, 3.8) is 0 Å². The number of H-pyrrole nitrogens is 1. The molecule has 0 unspecified atom stereocenters. The number of ketones is 1. The van der Waals surface area contributed by atoms with Crippen molar-refractivity contribution in [2.75, 3.05) is 5.32 Å². The van der Waals surface area contributed by atoms with E-state index in [1.165, 1.54) is 0 Å². The molecule has 1 aromatic heterocycles. The van der Waals surface area contributed by atoms with Crippen molar-refractivity contribution in [1.82, 2.24) is 10.2 Å². The van der Waals surface area contributed by atoms with Gasteiger partial charge in [0.15, 0.2) is 11.6 Å². The van der Waals surface area contributed by atoms with Gasteiger partial charge >= 0.3 is 6.18 Å². The molecule has 4 nitrogen and oxygen atoms in total. The van der Waals surface area contributed by atoms with E-state index >= 15 is 0 Å². The van der Waals surface area contributed by atoms with Crippen molar-refractivity contribution in [3.05, 3.63) is 58.4 Å². The maximum Gasteiger partial charge on any atom is 0.433 e. The summed E-state index contributed by atoms with van der Waals surface area (Å²) in [6.45, 7) is 5.64. The largest absolute Gasteiger partial charge is 0.433 e. The number of halogens is 3. The third-order valence-corrected chi connectivity index (χ3v) is 4.81. The van der Waals surface area contributed by atoms with E-state index in [1.54, 1.807) is 31.2 Å². The Morgan fingerprint density at radius 2 is 1.85 bits per heavy atom. The van der Waals surface area contributed by atoms with Gasteiger partial charge in [-0.15, -0.1) is 0 Å². The minimum absolute atomic E-state index is 0.00457. The molecule has 2 N–H and O–H groups in total. The minimum atomic E-state index is -4.54. The van der Waals surface area contributed by atoms with Crippen LogP contribution in [0.4, 0.5) is 19.0 Å². The lowest BCUT2D eigenvalue weighted by Crippen LogP contribution is -2.27. The van der Waals surface area contributed by atoms with Crippen molar-refractivity contribution in [2.24, 2.45) is 5.41 Å². The second-order valence-corrected chi connectivity index (χ2v) is 7.76. The van der Waals surface area contributed by atoms with Crippen LogP contribution in [0.2, 0.25) is 0 Å². The summed E-state index contributed by atoms with van der Waals surface area (Å²) in [5.74, 6) is 0.121. The van der Waals surface area contributed by atoms with Gasteiger partial charge in [-0.05, 0) is 24.3 Å². The molecule has 0 aliphatic heterocycles. The molecular weight excluding hydrogens is 355 g/mol. The predicted octanol–water partition coefficient (Wildman–Crippen LogP) is 5.09. The Balaban J connectivity index is 1.99. The monoisotopic (exact) mass is 377 g/mol. The topological polar surface area (TPSA) is 57.8 Å². The smallest absolute Gasteiger partial charge is 0.342 e. The summed E-state index contributed by atoms with van der Waals surface area (Å²) < 4.78 is 40.3. The highest BCUT2D eigenvalue weighted by Crippen LogP contribution is 2.39. The van der Waals surface area contributed by atoms with E-state index in [0.29, 0.717) is 24.1 Å². The van der Waals surface area contributed by atoms with Gasteiger partial charge in [-0.1, -0.05) is 44.2 Å². The number of alkyl halides is 3. The number of nitrogens with zero attached hydrogens (tertiary/aromatic N) is 1. The summed E-state index contributed by atoms with van der Waals surface area (Å²) in [5, 5.41) is 9.02. The van der Waals surface area contributed by atoms with Gasteiger partial charge < -0.3 is 5.32 Å². The molecule has 0 bridgehead atoms. The summed E-state index contributed by atoms with van der Waals surface area (Å²) >= 11 is 0. The number of anilines is 1. The molecule has 0 spiro atoms. The van der Waals surface area contributed by atoms with E-state index in [-0.39, 0.29) is 29.0 Å².